The number of anilines is 1. The number of hydrogen-bond acceptors (Lipinski definition) is 8. The Hall–Kier alpha value is -3.01. The lowest BCUT2D eigenvalue weighted by molar-refractivity contribution is -0.0379. The number of piperidine rings is 1. The number of hydrogen-bond donors (Lipinski definition) is 1. The molecule has 0 spiro atoms. The summed E-state index contributed by atoms with van der Waals surface area (Å²) < 4.78 is 14.0. The van der Waals surface area contributed by atoms with Crippen LogP contribution in [-0.2, 0) is 30.9 Å². The van der Waals surface area contributed by atoms with Crippen LogP contribution < -0.4 is 10.1 Å². The third-order valence-corrected chi connectivity index (χ3v) is 8.57. The first kappa shape index (κ1) is 25.3. The standard InChI is InChI=1S/C29H36N6O2S/c1-29(2)17-24-25(19-37-29)38-28-26(24)27(30-20-31-28)33-22-8-13-34(14-9-22)18-21-6-3-7-23(16-21)36-15-5-12-35-11-4-10-32-35/h3-4,6-7,10-11,16,20,22H,5,8-9,12-15,17-19H2,1-2H3,(H,30,31,33). The van der Waals surface area contributed by atoms with Gasteiger partial charge in [0, 0.05) is 62.3 Å². The summed E-state index contributed by atoms with van der Waals surface area (Å²) in [5.41, 5.74) is 2.51. The summed E-state index contributed by atoms with van der Waals surface area (Å²) in [6, 6.07) is 10.9. The highest BCUT2D eigenvalue weighted by molar-refractivity contribution is 7.18. The number of aromatic nitrogens is 4. The number of thiophene rings is 1. The highest BCUT2D eigenvalue weighted by Crippen LogP contribution is 2.40. The molecule has 1 aromatic carbocycles. The second-order valence-electron chi connectivity index (χ2n) is 10.9. The van der Waals surface area contributed by atoms with Gasteiger partial charge in [-0.1, -0.05) is 12.1 Å². The number of benzene rings is 1. The summed E-state index contributed by atoms with van der Waals surface area (Å²) in [5, 5.41) is 9.23. The number of nitrogens with zero attached hydrogens (tertiary/aromatic N) is 5. The molecule has 1 fully saturated rings. The van der Waals surface area contributed by atoms with Gasteiger partial charge in [0.15, 0.2) is 0 Å². The van der Waals surface area contributed by atoms with E-state index in [9.17, 15) is 0 Å². The van der Waals surface area contributed by atoms with Crippen molar-refractivity contribution in [1.82, 2.24) is 24.6 Å². The van der Waals surface area contributed by atoms with Gasteiger partial charge < -0.3 is 14.8 Å². The molecular formula is C29H36N6O2S. The monoisotopic (exact) mass is 532 g/mol. The number of likely N-dealkylation sites (tertiary alicyclic amines) is 1. The minimum absolute atomic E-state index is 0.151. The van der Waals surface area contributed by atoms with Crippen LogP contribution in [-0.4, -0.2) is 56.0 Å². The Balaban J connectivity index is 1.02. The third kappa shape index (κ3) is 5.85. The molecule has 0 atom stereocenters. The number of aryl methyl sites for hydroxylation is 1. The second-order valence-corrected chi connectivity index (χ2v) is 12.0. The molecule has 0 saturated carbocycles. The van der Waals surface area contributed by atoms with Crippen LogP contribution in [0.1, 0.15) is 49.1 Å². The van der Waals surface area contributed by atoms with Crippen LogP contribution in [0.15, 0.2) is 49.1 Å². The van der Waals surface area contributed by atoms with Gasteiger partial charge in [-0.3, -0.25) is 9.58 Å². The molecule has 2 aliphatic rings. The smallest absolute Gasteiger partial charge is 0.138 e. The summed E-state index contributed by atoms with van der Waals surface area (Å²) in [6.07, 6.45) is 9.51. The minimum atomic E-state index is -0.151. The van der Waals surface area contributed by atoms with Crippen molar-refractivity contribution >= 4 is 27.4 Å². The van der Waals surface area contributed by atoms with Crippen molar-refractivity contribution < 1.29 is 9.47 Å². The maximum absolute atomic E-state index is 6.04. The molecular weight excluding hydrogens is 496 g/mol. The SMILES string of the molecule is CC1(C)Cc2c(sc3ncnc(NC4CCN(Cc5cccc(OCCCn6cccn6)c5)CC4)c23)CO1. The van der Waals surface area contributed by atoms with E-state index < -0.39 is 0 Å². The Labute approximate surface area is 228 Å². The van der Waals surface area contributed by atoms with Crippen molar-refractivity contribution in [2.24, 2.45) is 0 Å². The molecule has 3 aromatic heterocycles. The van der Waals surface area contributed by atoms with Crippen LogP contribution in [0.25, 0.3) is 10.2 Å². The van der Waals surface area contributed by atoms with Crippen molar-refractivity contribution in [3.63, 3.8) is 0 Å². The van der Waals surface area contributed by atoms with Gasteiger partial charge >= 0.3 is 0 Å². The summed E-state index contributed by atoms with van der Waals surface area (Å²) in [5.74, 6) is 1.93. The van der Waals surface area contributed by atoms with E-state index in [0.717, 1.165) is 68.3 Å². The second kappa shape index (κ2) is 11.0. The fourth-order valence-electron chi connectivity index (χ4n) is 5.46. The quantitative estimate of drug-likeness (QED) is 0.294. The van der Waals surface area contributed by atoms with Crippen LogP contribution in [0.2, 0.25) is 0 Å². The first-order chi connectivity index (χ1) is 18.5. The van der Waals surface area contributed by atoms with Gasteiger partial charge in [-0.25, -0.2) is 9.97 Å². The van der Waals surface area contributed by atoms with Crippen LogP contribution >= 0.6 is 11.3 Å². The van der Waals surface area contributed by atoms with Crippen LogP contribution in [0.3, 0.4) is 0 Å². The van der Waals surface area contributed by atoms with Crippen molar-refractivity contribution in [2.45, 2.75) is 70.9 Å². The van der Waals surface area contributed by atoms with Gasteiger partial charge in [-0.05, 0) is 56.0 Å². The van der Waals surface area contributed by atoms with Crippen molar-refractivity contribution in [3.05, 3.63) is 65.1 Å². The predicted octanol–water partition coefficient (Wildman–Crippen LogP) is 5.28. The third-order valence-electron chi connectivity index (χ3n) is 7.46. The molecule has 0 aliphatic carbocycles. The highest BCUT2D eigenvalue weighted by atomic mass is 32.1. The zero-order chi connectivity index (χ0) is 26.0. The van der Waals surface area contributed by atoms with E-state index in [1.165, 1.54) is 21.4 Å². The summed E-state index contributed by atoms with van der Waals surface area (Å²) >= 11 is 1.75. The number of fused-ring (bicyclic) bond motifs is 3. The zero-order valence-corrected chi connectivity index (χ0v) is 23.0. The predicted molar refractivity (Wildman–Crippen MR) is 151 cm³/mol. The number of ether oxygens (including phenoxy) is 2. The first-order valence-corrected chi connectivity index (χ1v) is 14.4. The largest absolute Gasteiger partial charge is 0.494 e. The Morgan fingerprint density at radius 2 is 2.08 bits per heavy atom. The van der Waals surface area contributed by atoms with Crippen LogP contribution in [0.5, 0.6) is 5.75 Å². The van der Waals surface area contributed by atoms with Crippen molar-refractivity contribution in [3.8, 4) is 5.75 Å². The zero-order valence-electron chi connectivity index (χ0n) is 22.2. The molecule has 200 valence electrons. The molecule has 6 rings (SSSR count). The van der Waals surface area contributed by atoms with Gasteiger partial charge in [0.2, 0.25) is 0 Å². The minimum Gasteiger partial charge on any atom is -0.494 e. The lowest BCUT2D eigenvalue weighted by atomic mass is 9.94. The van der Waals surface area contributed by atoms with Gasteiger partial charge in [0.25, 0.3) is 0 Å². The topological polar surface area (TPSA) is 77.3 Å². The van der Waals surface area contributed by atoms with E-state index >= 15 is 0 Å². The molecule has 0 amide bonds. The van der Waals surface area contributed by atoms with Gasteiger partial charge in [0.1, 0.15) is 22.7 Å². The van der Waals surface area contributed by atoms with E-state index in [-0.39, 0.29) is 5.60 Å². The maximum atomic E-state index is 6.04. The summed E-state index contributed by atoms with van der Waals surface area (Å²) in [4.78, 5) is 14.2. The average molecular weight is 533 g/mol. The molecule has 1 N–H and O–H groups in total. The lowest BCUT2D eigenvalue weighted by Gasteiger charge is -2.33. The summed E-state index contributed by atoms with van der Waals surface area (Å²) in [6.45, 7) is 9.62. The van der Waals surface area contributed by atoms with Gasteiger partial charge in [0.05, 0.1) is 24.2 Å². The first-order valence-electron chi connectivity index (χ1n) is 13.6. The Morgan fingerprint density at radius 1 is 1.18 bits per heavy atom. The van der Waals surface area contributed by atoms with Crippen molar-refractivity contribution in [1.29, 1.82) is 0 Å². The van der Waals surface area contributed by atoms with Crippen LogP contribution in [0, 0.1) is 0 Å². The number of rotatable bonds is 9. The summed E-state index contributed by atoms with van der Waals surface area (Å²) in [7, 11) is 0. The van der Waals surface area contributed by atoms with E-state index in [2.05, 4.69) is 57.3 Å². The molecule has 8 nitrogen and oxygen atoms in total. The normalized spacial score (nSPS) is 17.9. The van der Waals surface area contributed by atoms with E-state index in [4.69, 9.17) is 9.47 Å². The molecule has 0 radical (unpaired) electrons. The molecule has 0 unspecified atom stereocenters. The van der Waals surface area contributed by atoms with E-state index in [0.29, 0.717) is 19.3 Å². The van der Waals surface area contributed by atoms with Gasteiger partial charge in [-0.15, -0.1) is 11.3 Å². The molecule has 2 aliphatic heterocycles. The maximum Gasteiger partial charge on any atom is 0.138 e. The highest BCUT2D eigenvalue weighted by Gasteiger charge is 2.31. The lowest BCUT2D eigenvalue weighted by Crippen LogP contribution is -2.38. The molecule has 9 heteroatoms. The van der Waals surface area contributed by atoms with E-state index in [1.54, 1.807) is 17.7 Å². The molecule has 38 heavy (non-hydrogen) atoms. The Bertz CT molecular complexity index is 1360. The fourth-order valence-corrected chi connectivity index (χ4v) is 6.53. The molecule has 0 bridgehead atoms. The molecule has 4 aromatic rings. The van der Waals surface area contributed by atoms with Crippen LogP contribution in [0.4, 0.5) is 5.82 Å². The number of nitrogens with one attached hydrogen (secondary N) is 1. The van der Waals surface area contributed by atoms with Gasteiger partial charge in [-0.2, -0.15) is 5.10 Å². The van der Waals surface area contributed by atoms with E-state index in [1.807, 2.05) is 29.2 Å². The molecule has 5 heterocycles. The Kier molecular flexibility index (Phi) is 7.32. The fraction of sp³-hybridized carbons (Fsp3) is 0.483. The average Bonchev–Trinajstić information content (AvgIpc) is 3.56. The Morgan fingerprint density at radius 3 is 2.92 bits per heavy atom. The molecule has 1 saturated heterocycles. The van der Waals surface area contributed by atoms with Crippen molar-refractivity contribution in [2.75, 3.05) is 25.0 Å².